The number of anilines is 1. The number of nitrogens with one attached hydrogen (secondary N) is 1. The van der Waals surface area contributed by atoms with Crippen molar-refractivity contribution in [3.05, 3.63) is 82.7 Å². The highest BCUT2D eigenvalue weighted by atomic mass is 35.5. The fourth-order valence-electron chi connectivity index (χ4n) is 4.09. The van der Waals surface area contributed by atoms with Crippen LogP contribution in [-0.2, 0) is 11.3 Å². The second-order valence-corrected chi connectivity index (χ2v) is 9.91. The number of carbonyl (C=O) groups excluding carboxylic acids is 2. The highest BCUT2D eigenvalue weighted by Gasteiger charge is 2.34. The lowest BCUT2D eigenvalue weighted by molar-refractivity contribution is -0.113. The number of thioether (sulfide) groups is 1. The Labute approximate surface area is 214 Å². The first-order valence-electron chi connectivity index (χ1n) is 11.5. The minimum atomic E-state index is -0.172. The quantitative estimate of drug-likeness (QED) is 0.323. The van der Waals surface area contributed by atoms with Gasteiger partial charge in [-0.05, 0) is 56.5 Å². The number of benzene rings is 2. The standard InChI is InChI=1S/C26H28ClN5O2S/c1-4-13-32-24(22-6-5-14-31(22)25(34)19-10-7-17(2)8-11-19)29-30-26(32)35-16-23(33)28-20-12-9-18(3)21(27)15-20/h4,7-12,15,22H,1,5-6,13-14,16H2,2-3H3,(H,28,33). The predicted octanol–water partition coefficient (Wildman–Crippen LogP) is 5.44. The van der Waals surface area contributed by atoms with Crippen molar-refractivity contribution in [2.45, 2.75) is 44.4 Å². The number of hydrogen-bond acceptors (Lipinski definition) is 5. The fraction of sp³-hybridized carbons (Fsp3) is 0.308. The van der Waals surface area contributed by atoms with Gasteiger partial charge < -0.3 is 14.8 Å². The highest BCUT2D eigenvalue weighted by molar-refractivity contribution is 7.99. The number of carbonyl (C=O) groups is 2. The van der Waals surface area contributed by atoms with Crippen LogP contribution in [-0.4, -0.2) is 43.8 Å². The molecule has 4 rings (SSSR count). The zero-order valence-corrected chi connectivity index (χ0v) is 21.4. The van der Waals surface area contributed by atoms with Gasteiger partial charge in [-0.1, -0.05) is 53.2 Å². The summed E-state index contributed by atoms with van der Waals surface area (Å²) in [7, 11) is 0. The van der Waals surface area contributed by atoms with Gasteiger partial charge in [0.25, 0.3) is 5.91 Å². The lowest BCUT2D eigenvalue weighted by atomic mass is 10.1. The molecule has 35 heavy (non-hydrogen) atoms. The van der Waals surface area contributed by atoms with E-state index in [1.54, 1.807) is 12.1 Å². The summed E-state index contributed by atoms with van der Waals surface area (Å²) in [5.41, 5.74) is 3.38. The number of allylic oxidation sites excluding steroid dienone is 1. The van der Waals surface area contributed by atoms with Gasteiger partial charge in [0.05, 0.1) is 11.8 Å². The van der Waals surface area contributed by atoms with Crippen molar-refractivity contribution in [2.75, 3.05) is 17.6 Å². The Bertz CT molecular complexity index is 1240. The summed E-state index contributed by atoms with van der Waals surface area (Å²) >= 11 is 7.46. The molecule has 1 N–H and O–H groups in total. The maximum absolute atomic E-state index is 13.2. The van der Waals surface area contributed by atoms with Crippen LogP contribution in [0.15, 0.2) is 60.3 Å². The molecule has 1 aliphatic heterocycles. The lowest BCUT2D eigenvalue weighted by Crippen LogP contribution is -2.32. The first-order chi connectivity index (χ1) is 16.9. The number of likely N-dealkylation sites (tertiary alicyclic amines) is 1. The zero-order chi connectivity index (χ0) is 24.9. The molecule has 0 aliphatic carbocycles. The van der Waals surface area contributed by atoms with E-state index in [1.807, 2.05) is 59.7 Å². The van der Waals surface area contributed by atoms with Gasteiger partial charge in [-0.25, -0.2) is 0 Å². The lowest BCUT2D eigenvalue weighted by Gasteiger charge is -2.24. The predicted molar refractivity (Wildman–Crippen MR) is 140 cm³/mol. The molecular formula is C26H28ClN5O2S. The van der Waals surface area contributed by atoms with E-state index in [0.29, 0.717) is 34.5 Å². The van der Waals surface area contributed by atoms with Crippen molar-refractivity contribution in [3.63, 3.8) is 0 Å². The van der Waals surface area contributed by atoms with Gasteiger partial charge in [-0.15, -0.1) is 16.8 Å². The summed E-state index contributed by atoms with van der Waals surface area (Å²) in [6, 6.07) is 12.9. The minimum absolute atomic E-state index is 0.00834. The van der Waals surface area contributed by atoms with Crippen molar-refractivity contribution >= 4 is 40.9 Å². The smallest absolute Gasteiger partial charge is 0.254 e. The first-order valence-corrected chi connectivity index (χ1v) is 12.8. The monoisotopic (exact) mass is 509 g/mol. The summed E-state index contributed by atoms with van der Waals surface area (Å²) in [4.78, 5) is 27.6. The van der Waals surface area contributed by atoms with Crippen LogP contribution in [0.1, 0.15) is 46.2 Å². The van der Waals surface area contributed by atoms with E-state index in [9.17, 15) is 9.59 Å². The number of hydrogen-bond donors (Lipinski definition) is 1. The molecule has 7 nitrogen and oxygen atoms in total. The summed E-state index contributed by atoms with van der Waals surface area (Å²) in [6.07, 6.45) is 3.48. The molecule has 9 heteroatoms. The van der Waals surface area contributed by atoms with Crippen molar-refractivity contribution in [3.8, 4) is 0 Å². The van der Waals surface area contributed by atoms with Gasteiger partial charge in [0.15, 0.2) is 11.0 Å². The number of rotatable bonds is 8. The first kappa shape index (κ1) is 25.0. The van der Waals surface area contributed by atoms with Crippen LogP contribution in [0.25, 0.3) is 0 Å². The molecule has 0 bridgehead atoms. The van der Waals surface area contributed by atoms with E-state index >= 15 is 0 Å². The topological polar surface area (TPSA) is 80.1 Å². The zero-order valence-electron chi connectivity index (χ0n) is 19.8. The largest absolute Gasteiger partial charge is 0.328 e. The maximum atomic E-state index is 13.2. The number of aryl methyl sites for hydroxylation is 2. The molecule has 2 amide bonds. The Morgan fingerprint density at radius 3 is 2.69 bits per heavy atom. The van der Waals surface area contributed by atoms with Gasteiger partial charge >= 0.3 is 0 Å². The molecule has 1 fully saturated rings. The third-order valence-electron chi connectivity index (χ3n) is 5.96. The maximum Gasteiger partial charge on any atom is 0.254 e. The van der Waals surface area contributed by atoms with E-state index in [2.05, 4.69) is 22.1 Å². The second-order valence-electron chi connectivity index (χ2n) is 8.56. The average molecular weight is 510 g/mol. The van der Waals surface area contributed by atoms with Crippen LogP contribution in [0.4, 0.5) is 5.69 Å². The summed E-state index contributed by atoms with van der Waals surface area (Å²) < 4.78 is 1.94. The third-order valence-corrected chi connectivity index (χ3v) is 7.33. The number of amides is 2. The molecule has 2 heterocycles. The Morgan fingerprint density at radius 2 is 1.97 bits per heavy atom. The second kappa shape index (κ2) is 11.1. The van der Waals surface area contributed by atoms with Crippen molar-refractivity contribution in [1.29, 1.82) is 0 Å². The third kappa shape index (κ3) is 5.77. The van der Waals surface area contributed by atoms with E-state index in [1.165, 1.54) is 11.8 Å². The molecule has 1 saturated heterocycles. The van der Waals surface area contributed by atoms with E-state index in [0.717, 1.165) is 29.8 Å². The van der Waals surface area contributed by atoms with Gasteiger partial charge in [0, 0.05) is 29.4 Å². The van der Waals surface area contributed by atoms with E-state index in [4.69, 9.17) is 11.6 Å². The summed E-state index contributed by atoms with van der Waals surface area (Å²) in [5.74, 6) is 0.709. The minimum Gasteiger partial charge on any atom is -0.328 e. The Balaban J connectivity index is 1.48. The van der Waals surface area contributed by atoms with Crippen molar-refractivity contribution in [1.82, 2.24) is 19.7 Å². The van der Waals surface area contributed by atoms with Crippen LogP contribution >= 0.6 is 23.4 Å². The summed E-state index contributed by atoms with van der Waals surface area (Å²) in [5, 5.41) is 12.9. The van der Waals surface area contributed by atoms with E-state index < -0.39 is 0 Å². The molecule has 0 saturated carbocycles. The van der Waals surface area contributed by atoms with Crippen LogP contribution < -0.4 is 5.32 Å². The molecule has 182 valence electrons. The average Bonchev–Trinajstić information content (AvgIpc) is 3.47. The van der Waals surface area contributed by atoms with Crippen LogP contribution in [0.5, 0.6) is 0 Å². The normalized spacial score (nSPS) is 15.3. The summed E-state index contributed by atoms with van der Waals surface area (Å²) in [6.45, 7) is 8.93. The van der Waals surface area contributed by atoms with Gasteiger partial charge in [-0.3, -0.25) is 9.59 Å². The van der Waals surface area contributed by atoms with Crippen LogP contribution in [0, 0.1) is 13.8 Å². The molecule has 3 aromatic rings. The molecule has 1 aliphatic rings. The van der Waals surface area contributed by atoms with Crippen molar-refractivity contribution < 1.29 is 9.59 Å². The fourth-order valence-corrected chi connectivity index (χ4v) is 5.03. The highest BCUT2D eigenvalue weighted by Crippen LogP contribution is 2.34. The van der Waals surface area contributed by atoms with Gasteiger partial charge in [0.1, 0.15) is 0 Å². The van der Waals surface area contributed by atoms with Gasteiger partial charge in [-0.2, -0.15) is 0 Å². The molecule has 2 aromatic carbocycles. The molecule has 1 atom stereocenters. The number of nitrogens with zero attached hydrogens (tertiary/aromatic N) is 4. The molecule has 0 spiro atoms. The molecular weight excluding hydrogens is 482 g/mol. The molecule has 1 aromatic heterocycles. The Morgan fingerprint density at radius 1 is 1.20 bits per heavy atom. The Kier molecular flexibility index (Phi) is 7.93. The SMILES string of the molecule is C=CCn1c(SCC(=O)Nc2ccc(C)c(Cl)c2)nnc1C1CCCN1C(=O)c1ccc(C)cc1. The van der Waals surface area contributed by atoms with Gasteiger partial charge in [0.2, 0.25) is 5.91 Å². The van der Waals surface area contributed by atoms with Crippen LogP contribution in [0.3, 0.4) is 0 Å². The van der Waals surface area contributed by atoms with Crippen LogP contribution in [0.2, 0.25) is 5.02 Å². The Hall–Kier alpha value is -3.10. The van der Waals surface area contributed by atoms with E-state index in [-0.39, 0.29) is 23.6 Å². The number of aromatic nitrogens is 3. The molecule has 1 unspecified atom stereocenters. The number of halogens is 1. The molecule has 0 radical (unpaired) electrons. The van der Waals surface area contributed by atoms with Crippen molar-refractivity contribution in [2.24, 2.45) is 0 Å².